The molecule has 15 nitrogen and oxygen atoms in total. The highest BCUT2D eigenvalue weighted by atomic mass is 16.3. The molecular weight excluding hydrogens is 865 g/mol. The first-order valence-corrected chi connectivity index (χ1v) is 22.7. The van der Waals surface area contributed by atoms with Crippen LogP contribution >= 0.6 is 0 Å². The van der Waals surface area contributed by atoms with Gasteiger partial charge in [0.2, 0.25) is 0 Å². The van der Waals surface area contributed by atoms with Crippen LogP contribution in [0.2, 0.25) is 0 Å². The van der Waals surface area contributed by atoms with Gasteiger partial charge in [-0.3, -0.25) is 9.80 Å². The SMILES string of the molecule is CN1CCc2cc(CO)c(CO)c3c2C1Cc1c(N)cc(CO)c(O)c1-3.CN1CCc2cc(CO)c(CO)c3c2C1Cc1c(NC(=O)Nc2ccccc2)cc(CO)c(O)c1-3.Nc1ccccc1. The number of nitrogens with zero attached hydrogens (tertiary/aromatic N) is 2. The molecule has 14 N–H and O–H groups in total. The van der Waals surface area contributed by atoms with Crippen molar-refractivity contribution in [1.29, 1.82) is 0 Å². The van der Waals surface area contributed by atoms with Gasteiger partial charge in [-0.05, 0) is 143 Å². The number of anilines is 4. The minimum Gasteiger partial charge on any atom is -0.507 e. The van der Waals surface area contributed by atoms with Crippen molar-refractivity contribution < 1.29 is 45.6 Å². The van der Waals surface area contributed by atoms with E-state index >= 15 is 0 Å². The number of nitrogens with two attached hydrogens (primary N) is 2. The van der Waals surface area contributed by atoms with Crippen molar-refractivity contribution in [3.8, 4) is 33.8 Å². The van der Waals surface area contributed by atoms with E-state index in [-0.39, 0.29) is 62.2 Å². The molecule has 10 rings (SSSR count). The molecule has 2 aliphatic heterocycles. The molecule has 6 aromatic rings. The highest BCUT2D eigenvalue weighted by Crippen LogP contribution is 2.54. The van der Waals surface area contributed by atoms with Gasteiger partial charge in [-0.1, -0.05) is 48.5 Å². The van der Waals surface area contributed by atoms with Crippen molar-refractivity contribution in [1.82, 2.24) is 9.80 Å². The summed E-state index contributed by atoms with van der Waals surface area (Å²) in [6, 6.07) is 25.4. The molecule has 356 valence electrons. The number of carbonyl (C=O) groups is 1. The zero-order chi connectivity index (χ0) is 48.4. The topological polar surface area (TPSA) is 261 Å². The molecule has 0 radical (unpaired) electrons. The second-order valence-corrected chi connectivity index (χ2v) is 17.7. The number of nitrogens with one attached hydrogen (secondary N) is 2. The van der Waals surface area contributed by atoms with E-state index in [0.29, 0.717) is 74.4 Å². The van der Waals surface area contributed by atoms with E-state index in [1.165, 1.54) is 0 Å². The van der Waals surface area contributed by atoms with Crippen molar-refractivity contribution in [2.24, 2.45) is 0 Å². The third kappa shape index (κ3) is 8.86. The monoisotopic (exact) mass is 924 g/mol. The molecule has 15 heteroatoms. The third-order valence-corrected chi connectivity index (χ3v) is 13.9. The van der Waals surface area contributed by atoms with Gasteiger partial charge in [-0.2, -0.15) is 0 Å². The van der Waals surface area contributed by atoms with Crippen molar-refractivity contribution >= 4 is 28.8 Å². The largest absolute Gasteiger partial charge is 0.507 e. The molecule has 0 fully saturated rings. The maximum absolute atomic E-state index is 12.9. The number of likely N-dealkylation sites (N-methyl/N-ethyl adjacent to an activating group) is 2. The van der Waals surface area contributed by atoms with Gasteiger partial charge < -0.3 is 63.0 Å². The van der Waals surface area contributed by atoms with Crippen LogP contribution in [0.4, 0.5) is 27.5 Å². The molecule has 2 amide bonds. The van der Waals surface area contributed by atoms with Crippen molar-refractivity contribution in [2.75, 3.05) is 49.3 Å². The Kier molecular flexibility index (Phi) is 14.4. The van der Waals surface area contributed by atoms with Crippen molar-refractivity contribution in [3.05, 3.63) is 152 Å². The van der Waals surface area contributed by atoms with E-state index in [9.17, 15) is 45.6 Å². The molecule has 2 unspecified atom stereocenters. The number of aromatic hydroxyl groups is 2. The maximum atomic E-state index is 12.9. The number of para-hydroxylation sites is 2. The molecular formula is C53H60N6O9. The summed E-state index contributed by atoms with van der Waals surface area (Å²) in [4.78, 5) is 17.4. The normalized spacial score (nSPS) is 16.4. The first-order chi connectivity index (χ1) is 32.9. The molecule has 2 heterocycles. The average Bonchev–Trinajstić information content (AvgIpc) is 3.35. The van der Waals surface area contributed by atoms with Crippen LogP contribution in [0.3, 0.4) is 0 Å². The smallest absolute Gasteiger partial charge is 0.323 e. The van der Waals surface area contributed by atoms with Crippen LogP contribution in [0.15, 0.2) is 84.9 Å². The van der Waals surface area contributed by atoms with E-state index in [2.05, 4.69) is 27.5 Å². The summed E-state index contributed by atoms with van der Waals surface area (Å²) >= 11 is 0. The lowest BCUT2D eigenvalue weighted by molar-refractivity contribution is 0.225. The molecule has 6 aromatic carbocycles. The number of aliphatic hydroxyl groups is 6. The number of benzene rings is 6. The highest BCUT2D eigenvalue weighted by Gasteiger charge is 2.40. The molecule has 0 saturated heterocycles. The number of carbonyl (C=O) groups excluding carboxylic acids is 1. The van der Waals surface area contributed by atoms with Gasteiger partial charge >= 0.3 is 6.03 Å². The molecule has 4 aliphatic rings. The predicted octanol–water partition coefficient (Wildman–Crippen LogP) is 5.74. The van der Waals surface area contributed by atoms with E-state index in [4.69, 9.17) is 11.5 Å². The standard InChI is InChI=1S/C27H29N3O5.C20H24N2O4.C6H7N/c1-30-8-7-15-9-16(12-31)20(14-33)24-23(15)22(30)11-19-21(10-17(13-32)26(34)25(19)24)29-27(35)28-18-5-3-2-4-6-18;1-22-3-2-10-4-11(7-23)14(9-25)18-17(10)16(22)6-13-15(21)5-12(8-24)20(26)19(13)18;7-6-4-2-1-3-5-6/h2-6,9-10,22,31-34H,7-8,11-14H2,1H3,(H2,28,29,35);4-5,16,23-26H,2-3,6-9,21H2,1H3;1-5H,7H2. The summed E-state index contributed by atoms with van der Waals surface area (Å²) in [6.07, 6.45) is 2.84. The van der Waals surface area contributed by atoms with Gasteiger partial charge in [0.1, 0.15) is 11.5 Å². The van der Waals surface area contributed by atoms with Crippen LogP contribution < -0.4 is 22.1 Å². The maximum Gasteiger partial charge on any atom is 0.323 e. The van der Waals surface area contributed by atoms with Gasteiger partial charge in [-0.15, -0.1) is 0 Å². The average molecular weight is 925 g/mol. The summed E-state index contributed by atoms with van der Waals surface area (Å²) in [5.41, 5.74) is 25.7. The minimum atomic E-state index is -0.442. The Morgan fingerprint density at radius 3 is 1.49 bits per heavy atom. The second-order valence-electron chi connectivity index (χ2n) is 17.7. The lowest BCUT2D eigenvalue weighted by Gasteiger charge is -2.42. The fourth-order valence-electron chi connectivity index (χ4n) is 10.5. The van der Waals surface area contributed by atoms with E-state index in [1.54, 1.807) is 24.3 Å². The van der Waals surface area contributed by atoms with E-state index in [1.807, 2.05) is 67.7 Å². The molecule has 0 spiro atoms. The third-order valence-electron chi connectivity index (χ3n) is 13.9. The molecule has 0 saturated carbocycles. The Morgan fingerprint density at radius 2 is 1.03 bits per heavy atom. The van der Waals surface area contributed by atoms with Gasteiger partial charge in [0.05, 0.1) is 39.6 Å². The number of nitrogen functional groups attached to an aromatic ring is 2. The van der Waals surface area contributed by atoms with Crippen LogP contribution in [0, 0.1) is 0 Å². The van der Waals surface area contributed by atoms with E-state index in [0.717, 1.165) is 70.6 Å². The first kappa shape index (κ1) is 47.9. The minimum absolute atomic E-state index is 0.00960. The number of urea groups is 1. The zero-order valence-electron chi connectivity index (χ0n) is 38.3. The predicted molar refractivity (Wildman–Crippen MR) is 263 cm³/mol. The zero-order valence-corrected chi connectivity index (χ0v) is 38.3. The Balaban J connectivity index is 0.000000166. The molecule has 2 aliphatic carbocycles. The summed E-state index contributed by atoms with van der Waals surface area (Å²) in [5, 5.41) is 87.7. The van der Waals surface area contributed by atoms with Crippen LogP contribution in [0.25, 0.3) is 22.3 Å². The van der Waals surface area contributed by atoms with Gasteiger partial charge in [0.15, 0.2) is 0 Å². The van der Waals surface area contributed by atoms with Crippen LogP contribution in [-0.2, 0) is 65.3 Å². The Hall–Kier alpha value is -6.53. The number of aliphatic hydroxyl groups excluding tert-OH is 6. The number of fused-ring (bicyclic) bond motifs is 4. The first-order valence-electron chi connectivity index (χ1n) is 22.7. The van der Waals surface area contributed by atoms with Gasteiger partial charge in [0, 0.05) is 70.2 Å². The van der Waals surface area contributed by atoms with Crippen LogP contribution in [0.5, 0.6) is 11.5 Å². The van der Waals surface area contributed by atoms with Crippen LogP contribution in [0.1, 0.15) is 78.8 Å². The Bertz CT molecular complexity index is 2840. The summed E-state index contributed by atoms with van der Waals surface area (Å²) in [6.45, 7) is 0.0192. The number of amides is 2. The lowest BCUT2D eigenvalue weighted by atomic mass is 9.73. The van der Waals surface area contributed by atoms with Gasteiger partial charge in [-0.25, -0.2) is 4.79 Å². The van der Waals surface area contributed by atoms with Crippen LogP contribution in [-0.4, -0.2) is 83.9 Å². The van der Waals surface area contributed by atoms with Crippen molar-refractivity contribution in [3.63, 3.8) is 0 Å². The molecule has 0 aromatic heterocycles. The fraction of sp³-hybridized carbons (Fsp3) is 0.302. The highest BCUT2D eigenvalue weighted by molar-refractivity contribution is 6.02. The summed E-state index contributed by atoms with van der Waals surface area (Å²) in [7, 11) is 4.11. The number of hydrogen-bond donors (Lipinski definition) is 12. The quantitative estimate of drug-likeness (QED) is 0.0643. The number of rotatable bonds is 8. The fourth-order valence-corrected chi connectivity index (χ4v) is 10.5. The van der Waals surface area contributed by atoms with E-state index < -0.39 is 12.6 Å². The second kappa shape index (κ2) is 20.4. The lowest BCUT2D eigenvalue weighted by Crippen LogP contribution is -2.36. The molecule has 0 bridgehead atoms. The van der Waals surface area contributed by atoms with Crippen molar-refractivity contribution in [2.45, 2.75) is 77.4 Å². The Morgan fingerprint density at radius 1 is 0.574 bits per heavy atom. The number of hydrogen-bond acceptors (Lipinski definition) is 13. The summed E-state index contributed by atoms with van der Waals surface area (Å²) in [5.74, 6) is -0.0643. The Labute approximate surface area is 395 Å². The summed E-state index contributed by atoms with van der Waals surface area (Å²) < 4.78 is 0. The number of phenols is 2. The molecule has 68 heavy (non-hydrogen) atoms. The van der Waals surface area contributed by atoms with Gasteiger partial charge in [0.25, 0.3) is 0 Å². The molecule has 2 atom stereocenters.